The fraction of sp³-hybridized carbons (Fsp3) is 0.500. The second-order valence-electron chi connectivity index (χ2n) is 4.12. The molecule has 5 nitrogen and oxygen atoms in total. The summed E-state index contributed by atoms with van der Waals surface area (Å²) in [6, 6.07) is 3.58. The van der Waals surface area contributed by atoms with Gasteiger partial charge in [0.05, 0.1) is 18.3 Å². The number of morpholine rings is 1. The van der Waals surface area contributed by atoms with Crippen LogP contribution in [0.2, 0.25) is 0 Å². The fourth-order valence-electron chi connectivity index (χ4n) is 1.93. The van der Waals surface area contributed by atoms with Crippen molar-refractivity contribution in [2.45, 2.75) is 13.0 Å². The van der Waals surface area contributed by atoms with Crippen molar-refractivity contribution in [2.24, 2.45) is 5.73 Å². The van der Waals surface area contributed by atoms with Gasteiger partial charge in [-0.15, -0.1) is 0 Å². The van der Waals surface area contributed by atoms with E-state index in [0.29, 0.717) is 31.8 Å². The Hall–Kier alpha value is -1.46. The Balaban J connectivity index is 2.12. The number of carbonyl (C=O) groups excluding carboxylic acids is 1. The lowest BCUT2D eigenvalue weighted by atomic mass is 10.1. The van der Waals surface area contributed by atoms with E-state index in [1.54, 1.807) is 23.2 Å². The SMILES string of the molecule is Cc1ncccc1C(=O)N1CCO[C@@H](CN)C1. The molecule has 1 saturated heterocycles. The van der Waals surface area contributed by atoms with E-state index in [4.69, 9.17) is 10.5 Å². The van der Waals surface area contributed by atoms with Crippen molar-refractivity contribution in [1.82, 2.24) is 9.88 Å². The van der Waals surface area contributed by atoms with Crippen LogP contribution in [0.5, 0.6) is 0 Å². The van der Waals surface area contributed by atoms with Gasteiger partial charge >= 0.3 is 0 Å². The summed E-state index contributed by atoms with van der Waals surface area (Å²) in [5.41, 5.74) is 6.97. The first-order valence-corrected chi connectivity index (χ1v) is 5.75. The highest BCUT2D eigenvalue weighted by Crippen LogP contribution is 2.12. The predicted molar refractivity (Wildman–Crippen MR) is 63.7 cm³/mol. The van der Waals surface area contributed by atoms with Crippen molar-refractivity contribution in [2.75, 3.05) is 26.2 Å². The van der Waals surface area contributed by atoms with Crippen LogP contribution in [0.1, 0.15) is 16.1 Å². The summed E-state index contributed by atoms with van der Waals surface area (Å²) in [7, 11) is 0. The van der Waals surface area contributed by atoms with E-state index >= 15 is 0 Å². The average molecular weight is 235 g/mol. The lowest BCUT2D eigenvalue weighted by molar-refractivity contribution is -0.0168. The number of pyridine rings is 1. The van der Waals surface area contributed by atoms with Crippen LogP contribution < -0.4 is 5.73 Å². The van der Waals surface area contributed by atoms with E-state index in [-0.39, 0.29) is 12.0 Å². The molecule has 5 heteroatoms. The van der Waals surface area contributed by atoms with Gasteiger partial charge in [-0.2, -0.15) is 0 Å². The highest BCUT2D eigenvalue weighted by Gasteiger charge is 2.25. The van der Waals surface area contributed by atoms with Gasteiger partial charge in [-0.25, -0.2) is 0 Å². The van der Waals surface area contributed by atoms with Gasteiger partial charge in [0, 0.05) is 31.5 Å². The van der Waals surface area contributed by atoms with Gasteiger partial charge in [0.1, 0.15) is 0 Å². The Bertz CT molecular complexity index is 408. The molecule has 1 aliphatic rings. The first-order chi connectivity index (χ1) is 8.22. The monoisotopic (exact) mass is 235 g/mol. The number of nitrogens with two attached hydrogens (primary N) is 1. The summed E-state index contributed by atoms with van der Waals surface area (Å²) in [4.78, 5) is 18.2. The van der Waals surface area contributed by atoms with Crippen LogP contribution in [0.3, 0.4) is 0 Å². The minimum Gasteiger partial charge on any atom is -0.373 e. The third-order valence-corrected chi connectivity index (χ3v) is 2.93. The Morgan fingerprint density at radius 2 is 2.53 bits per heavy atom. The molecule has 1 aliphatic heterocycles. The molecule has 0 radical (unpaired) electrons. The maximum atomic E-state index is 12.3. The van der Waals surface area contributed by atoms with Gasteiger partial charge in [-0.1, -0.05) is 0 Å². The van der Waals surface area contributed by atoms with E-state index in [2.05, 4.69) is 4.98 Å². The normalized spacial score (nSPS) is 20.4. The molecule has 0 aliphatic carbocycles. The quantitative estimate of drug-likeness (QED) is 0.794. The van der Waals surface area contributed by atoms with Crippen LogP contribution in [-0.2, 0) is 4.74 Å². The van der Waals surface area contributed by atoms with Gasteiger partial charge < -0.3 is 15.4 Å². The zero-order valence-electron chi connectivity index (χ0n) is 9.93. The molecule has 1 amide bonds. The molecule has 2 rings (SSSR count). The number of aromatic nitrogens is 1. The van der Waals surface area contributed by atoms with Crippen LogP contribution in [0.4, 0.5) is 0 Å². The van der Waals surface area contributed by atoms with Crippen LogP contribution in [-0.4, -0.2) is 48.1 Å². The lowest BCUT2D eigenvalue weighted by Crippen LogP contribution is -2.48. The molecule has 0 saturated carbocycles. The summed E-state index contributed by atoms with van der Waals surface area (Å²) in [6.45, 7) is 4.00. The molecule has 1 atom stereocenters. The summed E-state index contributed by atoms with van der Waals surface area (Å²) in [5.74, 6) is 0.0114. The number of hydrogen-bond acceptors (Lipinski definition) is 4. The van der Waals surface area contributed by atoms with Crippen molar-refractivity contribution >= 4 is 5.91 Å². The van der Waals surface area contributed by atoms with Crippen molar-refractivity contribution in [1.29, 1.82) is 0 Å². The molecular weight excluding hydrogens is 218 g/mol. The van der Waals surface area contributed by atoms with Crippen LogP contribution >= 0.6 is 0 Å². The first-order valence-electron chi connectivity index (χ1n) is 5.75. The summed E-state index contributed by atoms with van der Waals surface area (Å²) in [5, 5.41) is 0. The molecule has 0 unspecified atom stereocenters. The minimum atomic E-state index is -0.0512. The van der Waals surface area contributed by atoms with E-state index in [0.717, 1.165) is 5.69 Å². The van der Waals surface area contributed by atoms with Gasteiger partial charge in [0.15, 0.2) is 0 Å². The van der Waals surface area contributed by atoms with E-state index in [1.807, 2.05) is 6.92 Å². The van der Waals surface area contributed by atoms with Crippen molar-refractivity contribution in [3.8, 4) is 0 Å². The molecule has 1 fully saturated rings. The topological polar surface area (TPSA) is 68.5 Å². The molecule has 0 aromatic carbocycles. The maximum absolute atomic E-state index is 12.3. The van der Waals surface area contributed by atoms with E-state index < -0.39 is 0 Å². The smallest absolute Gasteiger partial charge is 0.255 e. The largest absolute Gasteiger partial charge is 0.373 e. The fourth-order valence-corrected chi connectivity index (χ4v) is 1.93. The number of amides is 1. The van der Waals surface area contributed by atoms with Gasteiger partial charge in [0.2, 0.25) is 0 Å². The number of aryl methyl sites for hydroxylation is 1. The average Bonchev–Trinajstić information content (AvgIpc) is 2.38. The second-order valence-corrected chi connectivity index (χ2v) is 4.12. The second kappa shape index (κ2) is 5.25. The number of hydrogen-bond donors (Lipinski definition) is 1. The zero-order chi connectivity index (χ0) is 12.3. The van der Waals surface area contributed by atoms with Crippen molar-refractivity contribution in [3.05, 3.63) is 29.6 Å². The van der Waals surface area contributed by atoms with Crippen LogP contribution in [0, 0.1) is 6.92 Å². The third kappa shape index (κ3) is 2.62. The van der Waals surface area contributed by atoms with E-state index in [1.165, 1.54) is 0 Å². The predicted octanol–water partition coefficient (Wildman–Crippen LogP) is 0.190. The molecule has 92 valence electrons. The summed E-state index contributed by atoms with van der Waals surface area (Å²) >= 11 is 0. The Morgan fingerprint density at radius 1 is 1.71 bits per heavy atom. The lowest BCUT2D eigenvalue weighted by Gasteiger charge is -2.32. The van der Waals surface area contributed by atoms with Gasteiger partial charge in [-0.05, 0) is 19.1 Å². The number of rotatable bonds is 2. The number of ether oxygens (including phenoxy) is 1. The minimum absolute atomic E-state index is 0.0114. The number of carbonyl (C=O) groups is 1. The van der Waals surface area contributed by atoms with Crippen LogP contribution in [0.15, 0.2) is 18.3 Å². The highest BCUT2D eigenvalue weighted by molar-refractivity contribution is 5.95. The summed E-state index contributed by atoms with van der Waals surface area (Å²) < 4.78 is 5.44. The highest BCUT2D eigenvalue weighted by atomic mass is 16.5. The molecule has 1 aromatic rings. The Morgan fingerprint density at radius 3 is 3.24 bits per heavy atom. The zero-order valence-corrected chi connectivity index (χ0v) is 9.93. The van der Waals surface area contributed by atoms with Crippen LogP contribution in [0.25, 0.3) is 0 Å². The molecule has 2 heterocycles. The number of nitrogens with zero attached hydrogens (tertiary/aromatic N) is 2. The van der Waals surface area contributed by atoms with E-state index in [9.17, 15) is 4.79 Å². The molecule has 1 aromatic heterocycles. The molecule has 2 N–H and O–H groups in total. The van der Waals surface area contributed by atoms with Crippen molar-refractivity contribution < 1.29 is 9.53 Å². The third-order valence-electron chi connectivity index (χ3n) is 2.93. The van der Waals surface area contributed by atoms with Gasteiger partial charge in [-0.3, -0.25) is 9.78 Å². The van der Waals surface area contributed by atoms with Crippen molar-refractivity contribution in [3.63, 3.8) is 0 Å². The Kier molecular flexibility index (Phi) is 3.71. The summed E-state index contributed by atoms with van der Waals surface area (Å²) in [6.07, 6.45) is 1.64. The van der Waals surface area contributed by atoms with Gasteiger partial charge in [0.25, 0.3) is 5.91 Å². The first kappa shape index (κ1) is 12.0. The molecule has 0 spiro atoms. The molecule has 0 bridgehead atoms. The Labute approximate surface area is 101 Å². The maximum Gasteiger partial charge on any atom is 0.255 e. The molecular formula is C12H17N3O2. The standard InChI is InChI=1S/C12H17N3O2/c1-9-11(3-2-4-14-9)12(16)15-5-6-17-10(7-13)8-15/h2-4,10H,5-8,13H2,1H3/t10-/m0/s1. The molecule has 17 heavy (non-hydrogen) atoms.